The molecule has 2 N–H and O–H groups in total. The van der Waals surface area contributed by atoms with Crippen LogP contribution in [0.4, 0.5) is 21.5 Å². The Balaban J connectivity index is 0.798. The van der Waals surface area contributed by atoms with E-state index in [1.165, 1.54) is 12.1 Å². The average Bonchev–Trinajstić information content (AvgIpc) is 3.92. The van der Waals surface area contributed by atoms with Crippen LogP contribution in [0.25, 0.3) is 27.5 Å². The molecular weight excluding hydrogens is 938 g/mol. The summed E-state index contributed by atoms with van der Waals surface area (Å²) in [4.78, 5) is 47.3. The molecule has 3 fully saturated rings. The third-order valence-electron chi connectivity index (χ3n) is 13.8. The van der Waals surface area contributed by atoms with Crippen molar-refractivity contribution >= 4 is 60.9 Å². The number of pyridine rings is 1. The first-order valence-electron chi connectivity index (χ1n) is 23.9. The second-order valence-corrected chi connectivity index (χ2v) is 20.1. The Hall–Kier alpha value is -8.18. The van der Waals surface area contributed by atoms with Gasteiger partial charge in [-0.3, -0.25) is 18.7 Å². The molecule has 6 aromatic carbocycles. The summed E-state index contributed by atoms with van der Waals surface area (Å²) in [5, 5.41) is 3.48. The summed E-state index contributed by atoms with van der Waals surface area (Å²) in [6, 6.07) is 45.0. The Labute approximate surface area is 414 Å². The number of aromatic nitrogens is 3. The number of ether oxygens (including phenoxy) is 3. The number of carbonyl (C=O) groups is 2. The maximum absolute atomic E-state index is 16.4. The average molecular weight is 988 g/mol. The topological polar surface area (TPSA) is 166 Å². The molecule has 0 radical (unpaired) electrons. The fourth-order valence-corrected chi connectivity index (χ4v) is 11.6. The fourth-order valence-electron chi connectivity index (χ4n) is 10.4. The van der Waals surface area contributed by atoms with Crippen molar-refractivity contribution in [2.45, 2.75) is 64.0 Å². The Bertz CT molecular complexity index is 3530. The number of rotatable bonds is 15. The quantitative estimate of drug-likeness (QED) is 0.101. The van der Waals surface area contributed by atoms with E-state index in [0.717, 1.165) is 53.6 Å². The van der Waals surface area contributed by atoms with Crippen LogP contribution in [0.2, 0.25) is 0 Å². The van der Waals surface area contributed by atoms with E-state index in [9.17, 15) is 22.8 Å². The van der Waals surface area contributed by atoms with Crippen molar-refractivity contribution in [3.8, 4) is 23.2 Å². The number of hydrogen-bond acceptors (Lipinski definition) is 10. The zero-order valence-electron chi connectivity index (χ0n) is 39.2. The number of amides is 2. The Morgan fingerprint density at radius 1 is 0.750 bits per heavy atom. The van der Waals surface area contributed by atoms with Gasteiger partial charge in [0, 0.05) is 48.4 Å². The van der Waals surface area contributed by atoms with Gasteiger partial charge in [0.05, 0.1) is 11.0 Å². The van der Waals surface area contributed by atoms with Gasteiger partial charge in [0.15, 0.2) is 5.82 Å². The summed E-state index contributed by atoms with van der Waals surface area (Å²) in [6.07, 6.45) is 3.85. The van der Waals surface area contributed by atoms with E-state index in [-0.39, 0.29) is 65.5 Å². The van der Waals surface area contributed by atoms with E-state index in [1.54, 1.807) is 34.4 Å². The van der Waals surface area contributed by atoms with E-state index in [1.807, 2.05) is 108 Å². The van der Waals surface area contributed by atoms with Crippen LogP contribution in [0.1, 0.15) is 48.8 Å². The number of hydrogen-bond donors (Lipinski definition) is 2. The van der Waals surface area contributed by atoms with Crippen LogP contribution in [0.5, 0.6) is 17.5 Å². The number of halogens is 1. The van der Waals surface area contributed by atoms with Crippen molar-refractivity contribution in [3.05, 3.63) is 179 Å². The normalized spacial score (nSPS) is 18.1. The summed E-state index contributed by atoms with van der Waals surface area (Å²) in [5.74, 6) is -1.15. The highest BCUT2D eigenvalue weighted by molar-refractivity contribution is 7.92. The maximum atomic E-state index is 16.4. The van der Waals surface area contributed by atoms with Crippen molar-refractivity contribution in [2.75, 3.05) is 21.1 Å². The molecule has 17 heteroatoms. The van der Waals surface area contributed by atoms with Crippen LogP contribution in [-0.2, 0) is 46.7 Å². The van der Waals surface area contributed by atoms with E-state index < -0.39 is 28.5 Å². The smallest absolute Gasteiger partial charge is 0.333 e. The molecule has 0 aliphatic carbocycles. The van der Waals surface area contributed by atoms with E-state index in [0.29, 0.717) is 45.5 Å². The van der Waals surface area contributed by atoms with Gasteiger partial charge in [-0.25, -0.2) is 18.2 Å². The lowest BCUT2D eigenvalue weighted by Crippen LogP contribution is -2.43. The zero-order chi connectivity index (χ0) is 49.5. The molecule has 15 nitrogen and oxygen atoms in total. The lowest BCUT2D eigenvalue weighted by atomic mass is 9.87. The maximum Gasteiger partial charge on any atom is 0.333 e. The minimum absolute atomic E-state index is 0.0133. The number of piperidine rings is 1. The molecule has 2 bridgehead atoms. The van der Waals surface area contributed by atoms with Crippen LogP contribution in [0.3, 0.4) is 0 Å². The SMILES string of the molecule is Cn1c(=O)n(-c2ccc(OCc3ccccc3)nc2OCc2ccccc2)c2ccc(N3[C@@H]4CC[C@H]3CC(CC(=O)Nc3ccc5c(F)c(N6CC(=O)NS6(=O)=O)c(OCc6ccccc6)cc5c3)C4)cc21. The Morgan fingerprint density at radius 2 is 1.39 bits per heavy atom. The van der Waals surface area contributed by atoms with Crippen molar-refractivity contribution < 1.29 is 36.6 Å². The summed E-state index contributed by atoms with van der Waals surface area (Å²) < 4.78 is 66.5. The molecule has 72 heavy (non-hydrogen) atoms. The molecule has 3 saturated heterocycles. The largest absolute Gasteiger partial charge is 0.487 e. The number of imidazole rings is 1. The highest BCUT2D eigenvalue weighted by Gasteiger charge is 2.42. The molecule has 5 heterocycles. The summed E-state index contributed by atoms with van der Waals surface area (Å²) >= 11 is 0. The molecule has 366 valence electrons. The van der Waals surface area contributed by atoms with Gasteiger partial charge in [-0.05, 0) is 102 Å². The van der Waals surface area contributed by atoms with Crippen molar-refractivity contribution in [1.82, 2.24) is 18.8 Å². The first-order chi connectivity index (χ1) is 35.0. The minimum Gasteiger partial charge on any atom is -0.487 e. The molecule has 0 saturated carbocycles. The zero-order valence-corrected chi connectivity index (χ0v) is 40.1. The van der Waals surface area contributed by atoms with Gasteiger partial charge in [-0.1, -0.05) is 91.0 Å². The predicted molar refractivity (Wildman–Crippen MR) is 272 cm³/mol. The molecule has 2 aromatic heterocycles. The second-order valence-electron chi connectivity index (χ2n) is 18.5. The highest BCUT2D eigenvalue weighted by atomic mass is 32.2. The molecule has 11 rings (SSSR count). The molecule has 8 aromatic rings. The van der Waals surface area contributed by atoms with E-state index in [4.69, 9.17) is 19.2 Å². The highest BCUT2D eigenvalue weighted by Crippen LogP contribution is 2.44. The Kier molecular flexibility index (Phi) is 12.3. The molecule has 3 atom stereocenters. The van der Waals surface area contributed by atoms with Crippen molar-refractivity contribution in [3.63, 3.8) is 0 Å². The van der Waals surface area contributed by atoms with Gasteiger partial charge in [-0.2, -0.15) is 13.4 Å². The first-order valence-corrected chi connectivity index (χ1v) is 25.3. The van der Waals surface area contributed by atoms with Gasteiger partial charge in [0.1, 0.15) is 43.5 Å². The van der Waals surface area contributed by atoms with Gasteiger partial charge in [0.25, 0.3) is 5.91 Å². The van der Waals surface area contributed by atoms with Gasteiger partial charge >= 0.3 is 15.9 Å². The van der Waals surface area contributed by atoms with Gasteiger partial charge in [0.2, 0.25) is 17.7 Å². The third-order valence-corrected chi connectivity index (χ3v) is 15.1. The van der Waals surface area contributed by atoms with Gasteiger partial charge in [-0.15, -0.1) is 0 Å². The molecule has 0 spiro atoms. The predicted octanol–water partition coefficient (Wildman–Crippen LogP) is 8.71. The third kappa shape index (κ3) is 9.18. The molecule has 1 unspecified atom stereocenters. The number of nitrogens with one attached hydrogen (secondary N) is 2. The first kappa shape index (κ1) is 46.2. The van der Waals surface area contributed by atoms with E-state index in [2.05, 4.69) is 22.3 Å². The number of carbonyl (C=O) groups excluding carboxylic acids is 2. The lowest BCUT2D eigenvalue weighted by Gasteiger charge is -2.40. The van der Waals surface area contributed by atoms with Crippen LogP contribution in [0, 0.1) is 11.7 Å². The fraction of sp³-hybridized carbons (Fsp3) is 0.236. The molecule has 2 amide bonds. The van der Waals surface area contributed by atoms with Crippen molar-refractivity contribution in [1.29, 1.82) is 0 Å². The number of fused-ring (bicyclic) bond motifs is 4. The molecular formula is C55H50FN7O8S. The van der Waals surface area contributed by atoms with Gasteiger partial charge < -0.3 is 24.4 Å². The van der Waals surface area contributed by atoms with Crippen molar-refractivity contribution in [2.24, 2.45) is 13.0 Å². The number of benzene rings is 6. The van der Waals surface area contributed by atoms with Crippen LogP contribution in [-0.4, -0.2) is 53.0 Å². The second kappa shape index (κ2) is 19.2. The Morgan fingerprint density at radius 3 is 2.03 bits per heavy atom. The molecule has 3 aliphatic heterocycles. The van der Waals surface area contributed by atoms with Crippen LogP contribution in [0.15, 0.2) is 150 Å². The molecule has 3 aliphatic rings. The standard InChI is InChI=1S/C55H50FN7O8S/c1-60-47-30-43(20-22-45(47)63(55(60)66)46-23-24-51(70-33-36-13-7-3-8-14-36)58-54(46)71-34-37-15-9-4-10-16-37)62-41-18-19-42(62)26-38(25-41)27-49(64)57-40-17-21-44-39(28-40)29-48(69-32-35-11-5-2-6-12-35)53(52(44)56)61-31-50(65)59-72(61,67)68/h2-17,20-24,28-30,38,41-42H,18-19,25-27,31-34H2,1H3,(H,57,64)(H,59,65)/t38?,41-,42+. The number of aryl methyl sites for hydroxylation is 1. The summed E-state index contributed by atoms with van der Waals surface area (Å²) in [7, 11) is -2.59. The minimum atomic E-state index is -4.36. The number of nitrogens with zero attached hydrogens (tertiary/aromatic N) is 5. The number of anilines is 3. The summed E-state index contributed by atoms with van der Waals surface area (Å²) in [6.45, 7) is -0.0219. The van der Waals surface area contributed by atoms with Crippen LogP contribution >= 0.6 is 0 Å². The van der Waals surface area contributed by atoms with Crippen LogP contribution < -0.4 is 39.1 Å². The van der Waals surface area contributed by atoms with E-state index >= 15 is 4.39 Å². The monoisotopic (exact) mass is 987 g/mol. The summed E-state index contributed by atoms with van der Waals surface area (Å²) in [5.41, 5.74) is 5.51. The lowest BCUT2D eigenvalue weighted by molar-refractivity contribution is -0.118.